The Kier molecular flexibility index (Phi) is 9.14. The minimum Gasteiger partial charge on any atom is -0.360 e. The van der Waals surface area contributed by atoms with Crippen molar-refractivity contribution in [3.63, 3.8) is 0 Å². The van der Waals surface area contributed by atoms with Crippen molar-refractivity contribution in [2.45, 2.75) is 32.4 Å². The Morgan fingerprint density at radius 3 is 2.42 bits per heavy atom. The summed E-state index contributed by atoms with van der Waals surface area (Å²) in [4.78, 5) is 9.16. The van der Waals surface area contributed by atoms with Crippen molar-refractivity contribution in [2.24, 2.45) is 4.99 Å². The van der Waals surface area contributed by atoms with Crippen LogP contribution >= 0.6 is 35.3 Å². The van der Waals surface area contributed by atoms with Crippen LogP contribution in [0.2, 0.25) is 0 Å². The standard InChI is InChI=1S/C17H30N4O2S2.HI/c1-5-18-16(19-8-14-25(22,23)17(2,3)4)21-11-9-20(10-12-21)15-7-6-13-24-15;/h6-7,13H,5,8-12,14H2,1-4H3,(H,18,19);1H. The lowest BCUT2D eigenvalue weighted by Gasteiger charge is -2.37. The van der Waals surface area contributed by atoms with Gasteiger partial charge in [-0.2, -0.15) is 0 Å². The first-order valence-electron chi connectivity index (χ1n) is 8.78. The zero-order chi connectivity index (χ0) is 18.5. The van der Waals surface area contributed by atoms with Gasteiger partial charge in [0.05, 0.1) is 22.0 Å². The first-order valence-corrected chi connectivity index (χ1v) is 11.3. The lowest BCUT2D eigenvalue weighted by Crippen LogP contribution is -2.52. The maximum absolute atomic E-state index is 12.2. The Morgan fingerprint density at radius 1 is 1.27 bits per heavy atom. The molecule has 0 amide bonds. The van der Waals surface area contributed by atoms with Gasteiger partial charge in [0.15, 0.2) is 15.8 Å². The maximum Gasteiger partial charge on any atom is 0.194 e. The van der Waals surface area contributed by atoms with Gasteiger partial charge in [0, 0.05) is 32.7 Å². The van der Waals surface area contributed by atoms with Gasteiger partial charge in [-0.3, -0.25) is 4.99 Å². The van der Waals surface area contributed by atoms with E-state index in [2.05, 4.69) is 37.6 Å². The minimum atomic E-state index is -3.14. The average molecular weight is 514 g/mol. The number of rotatable bonds is 5. The number of thiophene rings is 1. The molecule has 26 heavy (non-hydrogen) atoms. The van der Waals surface area contributed by atoms with Crippen molar-refractivity contribution in [2.75, 3.05) is 49.9 Å². The molecule has 0 aliphatic carbocycles. The number of aliphatic imine (C=N–C) groups is 1. The normalized spacial score (nSPS) is 16.4. The van der Waals surface area contributed by atoms with Crippen LogP contribution in [0.5, 0.6) is 0 Å². The predicted molar refractivity (Wildman–Crippen MR) is 123 cm³/mol. The summed E-state index contributed by atoms with van der Waals surface area (Å²) in [6.07, 6.45) is 0. The lowest BCUT2D eigenvalue weighted by molar-refractivity contribution is 0.373. The van der Waals surface area contributed by atoms with E-state index in [0.717, 1.165) is 38.7 Å². The second kappa shape index (κ2) is 10.1. The Balaban J connectivity index is 0.00000338. The van der Waals surface area contributed by atoms with E-state index >= 15 is 0 Å². The zero-order valence-electron chi connectivity index (χ0n) is 16.1. The molecule has 0 saturated carbocycles. The average Bonchev–Trinajstić information content (AvgIpc) is 3.07. The summed E-state index contributed by atoms with van der Waals surface area (Å²) < 4.78 is 23.7. The molecule has 0 bridgehead atoms. The maximum atomic E-state index is 12.2. The molecule has 0 radical (unpaired) electrons. The fourth-order valence-corrected chi connectivity index (χ4v) is 4.32. The molecule has 1 saturated heterocycles. The second-order valence-electron chi connectivity index (χ2n) is 7.09. The van der Waals surface area contributed by atoms with E-state index in [0.29, 0.717) is 6.54 Å². The highest BCUT2D eigenvalue weighted by atomic mass is 127. The second-order valence-corrected chi connectivity index (χ2v) is 10.9. The van der Waals surface area contributed by atoms with E-state index in [9.17, 15) is 8.42 Å². The molecule has 1 N–H and O–H groups in total. The van der Waals surface area contributed by atoms with Crippen molar-refractivity contribution >= 4 is 56.1 Å². The summed E-state index contributed by atoms with van der Waals surface area (Å²) >= 11 is 1.76. The molecule has 0 spiro atoms. The third kappa shape index (κ3) is 6.26. The molecule has 2 rings (SSSR count). The zero-order valence-corrected chi connectivity index (χ0v) is 20.0. The molecule has 0 unspecified atom stereocenters. The SMILES string of the molecule is CCNC(=NCCS(=O)(=O)C(C)(C)C)N1CCN(c2cccs2)CC1.I. The summed E-state index contributed by atoms with van der Waals surface area (Å²) in [5, 5.41) is 6.70. The molecule has 1 aromatic heterocycles. The molecule has 1 aliphatic heterocycles. The van der Waals surface area contributed by atoms with E-state index in [1.54, 1.807) is 32.1 Å². The third-order valence-corrected chi connectivity index (χ3v) is 7.80. The Labute approximate surface area is 179 Å². The van der Waals surface area contributed by atoms with E-state index in [-0.39, 0.29) is 29.7 Å². The molecular weight excluding hydrogens is 483 g/mol. The summed E-state index contributed by atoms with van der Waals surface area (Å²) in [6.45, 7) is 12.0. The first-order chi connectivity index (χ1) is 11.7. The summed E-state index contributed by atoms with van der Waals surface area (Å²) in [6, 6.07) is 4.23. The Bertz CT molecular complexity index is 661. The highest BCUT2D eigenvalue weighted by molar-refractivity contribution is 14.0. The highest BCUT2D eigenvalue weighted by Gasteiger charge is 2.28. The van der Waals surface area contributed by atoms with Crippen LogP contribution in [0.15, 0.2) is 22.5 Å². The molecule has 2 heterocycles. The lowest BCUT2D eigenvalue weighted by atomic mass is 10.3. The number of nitrogens with one attached hydrogen (secondary N) is 1. The first kappa shape index (κ1) is 23.5. The van der Waals surface area contributed by atoms with Gasteiger partial charge < -0.3 is 15.1 Å². The van der Waals surface area contributed by atoms with Gasteiger partial charge in [0.25, 0.3) is 0 Å². The summed E-state index contributed by atoms with van der Waals surface area (Å²) in [5.74, 6) is 0.901. The molecule has 1 aliphatic rings. The number of sulfone groups is 1. The van der Waals surface area contributed by atoms with Crippen molar-refractivity contribution in [3.8, 4) is 0 Å². The molecule has 150 valence electrons. The van der Waals surface area contributed by atoms with Gasteiger partial charge in [-0.05, 0) is 45.2 Å². The molecule has 0 aromatic carbocycles. The van der Waals surface area contributed by atoms with E-state index in [1.165, 1.54) is 5.00 Å². The van der Waals surface area contributed by atoms with Gasteiger partial charge in [-0.1, -0.05) is 0 Å². The van der Waals surface area contributed by atoms with Crippen LogP contribution in [-0.4, -0.2) is 69.0 Å². The summed E-state index contributed by atoms with van der Waals surface area (Å²) in [7, 11) is -3.14. The predicted octanol–water partition coefficient (Wildman–Crippen LogP) is 2.67. The molecule has 9 heteroatoms. The molecule has 1 aromatic rings. The van der Waals surface area contributed by atoms with E-state index in [4.69, 9.17) is 0 Å². The number of hydrogen-bond donors (Lipinski definition) is 1. The van der Waals surface area contributed by atoms with Crippen molar-refractivity contribution < 1.29 is 8.42 Å². The molecular formula is C17H31IN4O2S2. The fraction of sp³-hybridized carbons (Fsp3) is 0.706. The van der Waals surface area contributed by atoms with Gasteiger partial charge in [-0.15, -0.1) is 35.3 Å². The van der Waals surface area contributed by atoms with Gasteiger partial charge in [-0.25, -0.2) is 8.42 Å². The molecule has 6 nitrogen and oxygen atoms in total. The fourth-order valence-electron chi connectivity index (χ4n) is 2.59. The number of guanidine groups is 1. The van der Waals surface area contributed by atoms with Crippen LogP contribution < -0.4 is 10.2 Å². The van der Waals surface area contributed by atoms with Gasteiger partial charge in [0.2, 0.25) is 0 Å². The van der Waals surface area contributed by atoms with Crippen LogP contribution in [0.25, 0.3) is 0 Å². The number of anilines is 1. The van der Waals surface area contributed by atoms with Crippen molar-refractivity contribution in [3.05, 3.63) is 17.5 Å². The minimum absolute atomic E-state index is 0. The monoisotopic (exact) mass is 514 g/mol. The van der Waals surface area contributed by atoms with Crippen molar-refractivity contribution in [1.29, 1.82) is 0 Å². The van der Waals surface area contributed by atoms with E-state index in [1.807, 2.05) is 6.92 Å². The Morgan fingerprint density at radius 2 is 1.92 bits per heavy atom. The Hall–Kier alpha value is -0.550. The van der Waals surface area contributed by atoms with Crippen molar-refractivity contribution in [1.82, 2.24) is 10.2 Å². The summed E-state index contributed by atoms with van der Waals surface area (Å²) in [5.41, 5.74) is 0. The third-order valence-electron chi connectivity index (χ3n) is 4.29. The van der Waals surface area contributed by atoms with E-state index < -0.39 is 14.6 Å². The largest absolute Gasteiger partial charge is 0.360 e. The number of halogens is 1. The molecule has 1 fully saturated rings. The van der Waals surface area contributed by atoms with Crippen LogP contribution in [-0.2, 0) is 9.84 Å². The van der Waals surface area contributed by atoms with Crippen LogP contribution in [0.3, 0.4) is 0 Å². The number of hydrogen-bond acceptors (Lipinski definition) is 5. The van der Waals surface area contributed by atoms with Gasteiger partial charge in [0.1, 0.15) is 0 Å². The van der Waals surface area contributed by atoms with Crippen LogP contribution in [0.1, 0.15) is 27.7 Å². The number of nitrogens with zero attached hydrogens (tertiary/aromatic N) is 3. The molecule has 0 atom stereocenters. The van der Waals surface area contributed by atoms with Crippen LogP contribution in [0.4, 0.5) is 5.00 Å². The van der Waals surface area contributed by atoms with Crippen LogP contribution in [0, 0.1) is 0 Å². The quantitative estimate of drug-likeness (QED) is 0.372. The van der Waals surface area contributed by atoms with Gasteiger partial charge >= 0.3 is 0 Å². The number of piperazine rings is 1. The highest BCUT2D eigenvalue weighted by Crippen LogP contribution is 2.22. The topological polar surface area (TPSA) is 65.0 Å². The smallest absolute Gasteiger partial charge is 0.194 e.